The highest BCUT2D eigenvalue weighted by Gasteiger charge is 2.71. The molecule has 1 aromatic carbocycles. The van der Waals surface area contributed by atoms with Crippen molar-refractivity contribution < 1.29 is 54.2 Å². The first kappa shape index (κ1) is 35.3. The van der Waals surface area contributed by atoms with Gasteiger partial charge in [0, 0.05) is 24.2 Å². The summed E-state index contributed by atoms with van der Waals surface area (Å²) in [4.78, 5) is 28.9. The molecule has 2 amide bonds. The van der Waals surface area contributed by atoms with Gasteiger partial charge in [-0.15, -0.1) is 0 Å². The van der Waals surface area contributed by atoms with Crippen LogP contribution >= 0.6 is 11.3 Å². The van der Waals surface area contributed by atoms with Gasteiger partial charge < -0.3 is 20.5 Å². The average molecular weight is 713 g/mol. The van der Waals surface area contributed by atoms with E-state index < -0.39 is 39.4 Å². The highest BCUT2D eigenvalue weighted by molar-refractivity contribution is 7.94. The predicted octanol–water partition coefficient (Wildman–Crippen LogP) is 5.24. The maximum absolute atomic E-state index is 13.1. The molecule has 1 aromatic heterocycles. The molecule has 0 saturated heterocycles. The molecule has 4 aliphatic rings. The van der Waals surface area contributed by atoms with E-state index in [1.165, 1.54) is 19.8 Å². The molecule has 2 atom stereocenters. The van der Waals surface area contributed by atoms with Crippen LogP contribution in [0.1, 0.15) is 56.2 Å². The molecule has 4 fully saturated rings. The normalized spacial score (nSPS) is 24.0. The molecule has 0 radical (unpaired) electrons. The predicted molar refractivity (Wildman–Crippen MR) is 158 cm³/mol. The Bertz CT molecular complexity index is 1560. The summed E-state index contributed by atoms with van der Waals surface area (Å²) < 4.78 is 112. The van der Waals surface area contributed by atoms with Crippen molar-refractivity contribution in [2.45, 2.75) is 74.0 Å². The van der Waals surface area contributed by atoms with Gasteiger partial charge in [-0.1, -0.05) is 23.5 Å². The number of aromatic nitrogens is 1. The van der Waals surface area contributed by atoms with E-state index in [2.05, 4.69) is 15.6 Å². The summed E-state index contributed by atoms with van der Waals surface area (Å²) >= 11 is 0.581. The van der Waals surface area contributed by atoms with E-state index in [-0.39, 0.29) is 51.7 Å². The number of carbonyl (C=O) groups is 2. The van der Waals surface area contributed by atoms with Gasteiger partial charge in [0.25, 0.3) is 15.6 Å². The molecule has 1 heterocycles. The zero-order valence-electron chi connectivity index (χ0n) is 25.1. The van der Waals surface area contributed by atoms with Crippen LogP contribution in [0.2, 0.25) is 0 Å². The maximum Gasteiger partial charge on any atom is 0.430 e. The number of aliphatic hydroxyl groups is 1. The third-order valence-corrected chi connectivity index (χ3v) is 12.3. The second kappa shape index (κ2) is 12.8. The number of amides is 2. The Kier molecular flexibility index (Phi) is 9.64. The summed E-state index contributed by atoms with van der Waals surface area (Å²) in [6, 6.07) is 1.90. The van der Waals surface area contributed by atoms with Crippen LogP contribution in [-0.2, 0) is 30.0 Å². The minimum absolute atomic E-state index is 0.0137. The van der Waals surface area contributed by atoms with Crippen LogP contribution < -0.4 is 15.4 Å². The molecule has 4 aliphatic carbocycles. The highest BCUT2D eigenvalue weighted by atomic mass is 32.2. The quantitative estimate of drug-likeness (QED) is 0.164. The van der Waals surface area contributed by atoms with Crippen molar-refractivity contribution in [3.63, 3.8) is 0 Å². The Hall–Kier alpha value is -2.96. The Morgan fingerprint density at radius 2 is 1.62 bits per heavy atom. The second-order valence-electron chi connectivity index (χ2n) is 12.7. The lowest BCUT2D eigenvalue weighted by Gasteiger charge is -2.37. The molecular formula is C29H34F6N4O6S2. The van der Waals surface area contributed by atoms with Gasteiger partial charge >= 0.3 is 12.4 Å². The molecule has 4 N–H and O–H groups in total. The van der Waals surface area contributed by atoms with Crippen molar-refractivity contribution in [2.75, 3.05) is 29.8 Å². The first-order valence-corrected chi connectivity index (χ1v) is 17.2. The molecule has 2 aromatic rings. The van der Waals surface area contributed by atoms with Gasteiger partial charge in [-0.05, 0) is 74.3 Å². The van der Waals surface area contributed by atoms with Gasteiger partial charge in [-0.3, -0.25) is 14.3 Å². The number of halogens is 6. The van der Waals surface area contributed by atoms with Crippen LogP contribution in [0.15, 0.2) is 28.5 Å². The fourth-order valence-electron chi connectivity index (χ4n) is 7.46. The zero-order valence-corrected chi connectivity index (χ0v) is 26.8. The van der Waals surface area contributed by atoms with Crippen LogP contribution in [-0.4, -0.2) is 62.4 Å². The number of aryl methyl sites for hydroxylation is 1. The number of rotatable bonds is 13. The van der Waals surface area contributed by atoms with Crippen molar-refractivity contribution in [3.8, 4) is 0 Å². The summed E-state index contributed by atoms with van der Waals surface area (Å²) in [6.07, 6.45) is -5.66. The molecule has 47 heavy (non-hydrogen) atoms. The molecule has 4 bridgehead atoms. The molecule has 0 spiro atoms. The SMILES string of the molecule is Cc1nc(NC(=O)CCOCCNC(=O)CC23CC4CC(C2)C(C4)C3)sc1S(=O)(=O)Nc1ccc(C(O)(C(F)(F)F)C(F)(F)F)cc1. The molecule has 4 saturated carbocycles. The molecule has 10 nitrogen and oxygen atoms in total. The number of nitrogens with one attached hydrogen (secondary N) is 3. The van der Waals surface area contributed by atoms with E-state index >= 15 is 0 Å². The Labute approximate surface area is 270 Å². The molecule has 2 unspecified atom stereocenters. The number of ether oxygens (including phenoxy) is 1. The van der Waals surface area contributed by atoms with E-state index in [0.717, 1.165) is 37.0 Å². The fraction of sp³-hybridized carbons (Fsp3) is 0.621. The summed E-state index contributed by atoms with van der Waals surface area (Å²) in [6.45, 7) is 1.87. The summed E-state index contributed by atoms with van der Waals surface area (Å²) in [7, 11) is -4.42. The lowest BCUT2D eigenvalue weighted by Crippen LogP contribution is -2.53. The Morgan fingerprint density at radius 3 is 2.19 bits per heavy atom. The summed E-state index contributed by atoms with van der Waals surface area (Å²) in [5, 5.41) is 14.8. The number of carbonyl (C=O) groups excluding carboxylic acids is 2. The minimum Gasteiger partial charge on any atom is -0.379 e. The van der Waals surface area contributed by atoms with Crippen molar-refractivity contribution >= 4 is 44.0 Å². The lowest BCUT2D eigenvalue weighted by atomic mass is 9.67. The van der Waals surface area contributed by atoms with Crippen LogP contribution in [0.25, 0.3) is 0 Å². The number of benzene rings is 1. The fourth-order valence-corrected chi connectivity index (χ4v) is 9.95. The molecule has 6 rings (SSSR count). The molecule has 260 valence electrons. The first-order chi connectivity index (χ1) is 21.8. The van der Waals surface area contributed by atoms with Crippen LogP contribution in [0.4, 0.5) is 37.2 Å². The monoisotopic (exact) mass is 712 g/mol. The van der Waals surface area contributed by atoms with Crippen LogP contribution in [0, 0.1) is 30.1 Å². The third-order valence-electron chi connectivity index (χ3n) is 9.25. The number of hydrogen-bond acceptors (Lipinski definition) is 8. The van der Waals surface area contributed by atoms with E-state index in [0.29, 0.717) is 48.6 Å². The van der Waals surface area contributed by atoms with E-state index in [4.69, 9.17) is 4.74 Å². The average Bonchev–Trinajstić information content (AvgIpc) is 3.54. The van der Waals surface area contributed by atoms with Gasteiger partial charge in [0.05, 0.1) is 25.3 Å². The van der Waals surface area contributed by atoms with Crippen molar-refractivity contribution in [3.05, 3.63) is 35.5 Å². The zero-order chi connectivity index (χ0) is 34.4. The number of sulfonamides is 1. The minimum atomic E-state index is -6.09. The van der Waals surface area contributed by atoms with Crippen molar-refractivity contribution in [2.24, 2.45) is 23.2 Å². The third kappa shape index (κ3) is 7.39. The summed E-state index contributed by atoms with van der Waals surface area (Å²) in [5.74, 6) is 1.83. The van der Waals surface area contributed by atoms with E-state index in [1.54, 1.807) is 0 Å². The number of alkyl halides is 6. The van der Waals surface area contributed by atoms with Crippen molar-refractivity contribution in [1.29, 1.82) is 0 Å². The lowest BCUT2D eigenvalue weighted by molar-refractivity contribution is -0.376. The van der Waals surface area contributed by atoms with Gasteiger partial charge in [-0.2, -0.15) is 26.3 Å². The van der Waals surface area contributed by atoms with Gasteiger partial charge in [0.15, 0.2) is 9.34 Å². The highest BCUT2D eigenvalue weighted by Crippen LogP contribution is 2.65. The van der Waals surface area contributed by atoms with Gasteiger partial charge in [0.2, 0.25) is 11.8 Å². The van der Waals surface area contributed by atoms with Crippen LogP contribution in [0.5, 0.6) is 0 Å². The van der Waals surface area contributed by atoms with Crippen molar-refractivity contribution in [1.82, 2.24) is 10.3 Å². The Morgan fingerprint density at radius 1 is 1.00 bits per heavy atom. The standard InChI is InChI=1S/C29H34F6N4O6S2/c1-16-24(47(43,44)39-21-4-2-20(3-5-21)27(42,28(30,31)32)29(33,34)35)46-25(37-16)38-22(40)6-8-45-9-7-36-23(41)15-26-12-17-10-18(13-26)19(11-17)14-26/h2-5,17-19,39,42H,6-15H2,1H3,(H,36,41)(H,37,38,40). The number of nitrogens with zero attached hydrogens (tertiary/aromatic N) is 1. The number of anilines is 2. The summed E-state index contributed by atoms with van der Waals surface area (Å²) in [5.41, 5.74) is -6.96. The van der Waals surface area contributed by atoms with E-state index in [1.807, 2.05) is 4.72 Å². The smallest absolute Gasteiger partial charge is 0.379 e. The Balaban J connectivity index is 1.05. The topological polar surface area (TPSA) is 147 Å². The van der Waals surface area contributed by atoms with Gasteiger partial charge in [-0.25, -0.2) is 13.4 Å². The largest absolute Gasteiger partial charge is 0.430 e. The number of thiazole rings is 1. The second-order valence-corrected chi connectivity index (χ2v) is 15.6. The molecule has 0 aliphatic heterocycles. The number of hydrogen-bond donors (Lipinski definition) is 4. The maximum atomic E-state index is 13.1. The first-order valence-electron chi connectivity index (χ1n) is 14.9. The molecule has 18 heteroatoms. The van der Waals surface area contributed by atoms with Crippen LogP contribution in [0.3, 0.4) is 0 Å². The van der Waals surface area contributed by atoms with Gasteiger partial charge in [0.1, 0.15) is 0 Å². The molecular weight excluding hydrogens is 678 g/mol. The van der Waals surface area contributed by atoms with E-state index in [9.17, 15) is 49.5 Å².